The molecule has 3 aromatic carbocycles. The van der Waals surface area contributed by atoms with Gasteiger partial charge in [0.15, 0.2) is 0 Å². The first-order valence-electron chi connectivity index (χ1n) is 12.1. The van der Waals surface area contributed by atoms with E-state index in [1.54, 1.807) is 36.4 Å². The van der Waals surface area contributed by atoms with E-state index in [0.717, 1.165) is 16.1 Å². The van der Waals surface area contributed by atoms with E-state index in [-0.39, 0.29) is 19.6 Å². The first-order chi connectivity index (χ1) is 18.5. The van der Waals surface area contributed by atoms with Gasteiger partial charge in [-0.15, -0.1) is 0 Å². The lowest BCUT2D eigenvalue weighted by Gasteiger charge is -2.29. The molecule has 1 aliphatic heterocycles. The highest BCUT2D eigenvalue weighted by molar-refractivity contribution is 6.21. The first kappa shape index (κ1) is 24.8. The molecule has 2 aliphatic rings. The van der Waals surface area contributed by atoms with Gasteiger partial charge in [-0.2, -0.15) is 0 Å². The van der Waals surface area contributed by atoms with Crippen LogP contribution in [0.4, 0.5) is 9.59 Å². The molecule has 0 bridgehead atoms. The van der Waals surface area contributed by atoms with Crippen LogP contribution >= 0.6 is 0 Å². The fourth-order valence-electron chi connectivity index (χ4n) is 4.46. The molecule has 1 heterocycles. The van der Waals surface area contributed by atoms with Gasteiger partial charge in [-0.1, -0.05) is 84.9 Å². The van der Waals surface area contributed by atoms with Gasteiger partial charge < -0.3 is 9.47 Å². The number of hydrazine groups is 1. The van der Waals surface area contributed by atoms with Crippen molar-refractivity contribution in [2.45, 2.75) is 31.7 Å². The van der Waals surface area contributed by atoms with Crippen LogP contribution in [-0.4, -0.2) is 46.0 Å². The molecule has 2 atom stereocenters. The third-order valence-electron chi connectivity index (χ3n) is 6.35. The maximum absolute atomic E-state index is 13.1. The van der Waals surface area contributed by atoms with Gasteiger partial charge in [0.25, 0.3) is 11.8 Å². The number of carbonyl (C=O) groups excluding carboxylic acids is 4. The Morgan fingerprint density at radius 3 is 1.87 bits per heavy atom. The maximum Gasteiger partial charge on any atom is 0.429 e. The molecule has 0 aromatic heterocycles. The van der Waals surface area contributed by atoms with E-state index in [1.165, 1.54) is 4.90 Å². The smallest absolute Gasteiger partial charge is 0.429 e. The third kappa shape index (κ3) is 5.27. The summed E-state index contributed by atoms with van der Waals surface area (Å²) >= 11 is 0. The Morgan fingerprint density at radius 2 is 1.29 bits per heavy atom. The fraction of sp³-hybridized carbons (Fsp3) is 0.172. The van der Waals surface area contributed by atoms with Crippen LogP contribution in [0.3, 0.4) is 0 Å². The van der Waals surface area contributed by atoms with Crippen LogP contribution in [0.1, 0.15) is 38.3 Å². The number of imide groups is 1. The number of amides is 4. The summed E-state index contributed by atoms with van der Waals surface area (Å²) in [5.41, 5.74) is 4.72. The number of benzene rings is 3. The lowest BCUT2D eigenvalue weighted by atomic mass is 10.1. The predicted octanol–water partition coefficient (Wildman–Crippen LogP) is 4.46. The van der Waals surface area contributed by atoms with Crippen LogP contribution in [0.2, 0.25) is 0 Å². The summed E-state index contributed by atoms with van der Waals surface area (Å²) in [5, 5.41) is 1.03. The Morgan fingerprint density at radius 1 is 0.763 bits per heavy atom. The summed E-state index contributed by atoms with van der Waals surface area (Å²) in [7, 11) is 0. The third-order valence-corrected chi connectivity index (χ3v) is 6.35. The molecule has 9 heteroatoms. The van der Waals surface area contributed by atoms with Crippen molar-refractivity contribution in [2.24, 2.45) is 0 Å². The van der Waals surface area contributed by atoms with Gasteiger partial charge in [0.1, 0.15) is 13.2 Å². The summed E-state index contributed by atoms with van der Waals surface area (Å²) in [4.78, 5) is 52.8. The highest BCUT2D eigenvalue weighted by Gasteiger charge is 2.42. The SMILES string of the molecule is O=C(NN(C(=O)OCc1ccccc1)[C@H]1C=C[C@@H](N2C(=O)c3ccccc3C2=O)C1)OCc1ccccc1. The van der Waals surface area contributed by atoms with Crippen LogP contribution in [0.25, 0.3) is 0 Å². The topological polar surface area (TPSA) is 105 Å². The van der Waals surface area contributed by atoms with Crippen LogP contribution in [-0.2, 0) is 22.7 Å². The second-order valence-corrected chi connectivity index (χ2v) is 8.86. The number of ether oxygens (including phenoxy) is 2. The number of rotatable bonds is 6. The number of carbonyl (C=O) groups is 4. The molecule has 5 rings (SSSR count). The van der Waals surface area contributed by atoms with Crippen molar-refractivity contribution in [1.29, 1.82) is 0 Å². The Balaban J connectivity index is 1.28. The monoisotopic (exact) mass is 511 g/mol. The first-order valence-corrected chi connectivity index (χ1v) is 12.1. The van der Waals surface area contributed by atoms with E-state index in [0.29, 0.717) is 11.1 Å². The van der Waals surface area contributed by atoms with E-state index < -0.39 is 36.1 Å². The highest BCUT2D eigenvalue weighted by atomic mass is 16.6. The van der Waals surface area contributed by atoms with Gasteiger partial charge in [0.2, 0.25) is 0 Å². The Hall–Kier alpha value is -4.92. The second kappa shape index (κ2) is 11.0. The Labute approximate surface area is 219 Å². The molecule has 1 N–H and O–H groups in total. The van der Waals surface area contributed by atoms with Crippen molar-refractivity contribution in [3.63, 3.8) is 0 Å². The fourth-order valence-corrected chi connectivity index (χ4v) is 4.46. The van der Waals surface area contributed by atoms with Gasteiger partial charge in [-0.25, -0.2) is 20.0 Å². The number of hydrogen-bond acceptors (Lipinski definition) is 6. The van der Waals surface area contributed by atoms with Gasteiger partial charge in [0.05, 0.1) is 23.2 Å². The van der Waals surface area contributed by atoms with E-state index in [9.17, 15) is 19.2 Å². The summed E-state index contributed by atoms with van der Waals surface area (Å²) < 4.78 is 10.7. The summed E-state index contributed by atoms with van der Waals surface area (Å²) in [6.45, 7) is 0.00688. The van der Waals surface area contributed by atoms with Crippen molar-refractivity contribution in [3.8, 4) is 0 Å². The molecule has 9 nitrogen and oxygen atoms in total. The van der Waals surface area contributed by atoms with Crippen LogP contribution in [0, 0.1) is 0 Å². The van der Waals surface area contributed by atoms with E-state index in [4.69, 9.17) is 9.47 Å². The standard InChI is InChI=1S/C29H25N3O6/c33-26-24-13-7-8-14-25(24)27(34)31(26)22-15-16-23(17-22)32(29(36)38-19-21-11-5-2-6-12-21)30-28(35)37-18-20-9-3-1-4-10-20/h1-16,22-23H,17-19H2,(H,30,35)/t22-,23+/m1/s1. The van der Waals surface area contributed by atoms with Crippen molar-refractivity contribution < 1.29 is 28.7 Å². The predicted molar refractivity (Wildman–Crippen MR) is 137 cm³/mol. The van der Waals surface area contributed by atoms with E-state index in [2.05, 4.69) is 5.43 Å². The maximum atomic E-state index is 13.1. The van der Waals surface area contributed by atoms with Gasteiger partial charge in [0, 0.05) is 0 Å². The molecule has 1 aliphatic carbocycles. The lowest BCUT2D eigenvalue weighted by molar-refractivity contribution is 0.0481. The van der Waals surface area contributed by atoms with Crippen molar-refractivity contribution >= 4 is 24.0 Å². The lowest BCUT2D eigenvalue weighted by Crippen LogP contribution is -2.52. The van der Waals surface area contributed by atoms with E-state index in [1.807, 2.05) is 60.7 Å². The number of nitrogens with one attached hydrogen (secondary N) is 1. The van der Waals surface area contributed by atoms with Gasteiger partial charge >= 0.3 is 12.2 Å². The summed E-state index contributed by atoms with van der Waals surface area (Å²) in [6, 6.07) is 23.6. The Bertz CT molecular complexity index is 1340. The minimum atomic E-state index is -0.844. The Kier molecular flexibility index (Phi) is 7.17. The second-order valence-electron chi connectivity index (χ2n) is 8.86. The van der Waals surface area contributed by atoms with Gasteiger partial charge in [-0.05, 0) is 29.7 Å². The zero-order valence-electron chi connectivity index (χ0n) is 20.4. The molecule has 0 fully saturated rings. The van der Waals surface area contributed by atoms with Crippen LogP contribution in [0.5, 0.6) is 0 Å². The molecule has 0 spiro atoms. The summed E-state index contributed by atoms with van der Waals surface area (Å²) in [6.07, 6.45) is 1.88. The number of hydrogen-bond donors (Lipinski definition) is 1. The van der Waals surface area contributed by atoms with Crippen molar-refractivity contribution in [2.75, 3.05) is 0 Å². The van der Waals surface area contributed by atoms with Gasteiger partial charge in [-0.3, -0.25) is 14.5 Å². The molecule has 4 amide bonds. The quantitative estimate of drug-likeness (QED) is 0.298. The molecule has 0 saturated heterocycles. The normalized spacial score (nSPS) is 17.7. The average Bonchev–Trinajstić information content (AvgIpc) is 3.53. The van der Waals surface area contributed by atoms with Crippen LogP contribution in [0.15, 0.2) is 97.1 Å². The number of nitrogens with zero attached hydrogens (tertiary/aromatic N) is 2. The molecule has 0 radical (unpaired) electrons. The molecular formula is C29H25N3O6. The molecule has 0 unspecified atom stereocenters. The van der Waals surface area contributed by atoms with Crippen molar-refractivity contribution in [3.05, 3.63) is 119 Å². The minimum Gasteiger partial charge on any atom is -0.443 e. The zero-order chi connectivity index (χ0) is 26.5. The number of fused-ring (bicyclic) bond motifs is 1. The molecular weight excluding hydrogens is 486 g/mol. The summed E-state index contributed by atoms with van der Waals surface area (Å²) in [5.74, 6) is -0.788. The zero-order valence-corrected chi connectivity index (χ0v) is 20.4. The highest BCUT2D eigenvalue weighted by Crippen LogP contribution is 2.30. The average molecular weight is 512 g/mol. The molecule has 38 heavy (non-hydrogen) atoms. The minimum absolute atomic E-state index is 0.00478. The van der Waals surface area contributed by atoms with E-state index >= 15 is 0 Å². The molecule has 0 saturated carbocycles. The van der Waals surface area contributed by atoms with Crippen molar-refractivity contribution in [1.82, 2.24) is 15.3 Å². The van der Waals surface area contributed by atoms with Crippen LogP contribution < -0.4 is 5.43 Å². The molecule has 192 valence electrons. The molecule has 3 aromatic rings. The largest absolute Gasteiger partial charge is 0.443 e.